The fourth-order valence-electron chi connectivity index (χ4n) is 2.26. The van der Waals surface area contributed by atoms with Crippen molar-refractivity contribution in [3.05, 3.63) is 35.1 Å². The van der Waals surface area contributed by atoms with Gasteiger partial charge in [-0.25, -0.2) is 4.39 Å². The Morgan fingerprint density at radius 1 is 1.37 bits per heavy atom. The molecular weight excluding hydrogens is 263 g/mol. The standard InChI is InChI=1S/C14H17FN2OS/c15-12-6-5-10(14(16)19)8-11(12)9-17-7-3-1-2-4-13(17)18/h5-6,8H,1-4,7,9H2,(H2,16,19). The largest absolute Gasteiger partial charge is 0.389 e. The van der Waals surface area contributed by atoms with Gasteiger partial charge in [-0.05, 0) is 31.0 Å². The molecule has 0 unspecified atom stereocenters. The van der Waals surface area contributed by atoms with Crippen LogP contribution in [0.3, 0.4) is 0 Å². The van der Waals surface area contributed by atoms with E-state index in [1.54, 1.807) is 17.0 Å². The topological polar surface area (TPSA) is 46.3 Å². The third-order valence-electron chi connectivity index (χ3n) is 3.36. The molecule has 0 spiro atoms. The predicted octanol–water partition coefficient (Wildman–Crippen LogP) is 2.36. The van der Waals surface area contributed by atoms with Crippen LogP contribution in [0.25, 0.3) is 0 Å². The van der Waals surface area contributed by atoms with Gasteiger partial charge in [0.2, 0.25) is 5.91 Å². The molecular formula is C14H17FN2OS. The summed E-state index contributed by atoms with van der Waals surface area (Å²) in [5, 5.41) is 0. The van der Waals surface area contributed by atoms with Gasteiger partial charge in [-0.15, -0.1) is 0 Å². The van der Waals surface area contributed by atoms with Crippen LogP contribution in [0.2, 0.25) is 0 Å². The summed E-state index contributed by atoms with van der Waals surface area (Å²) in [5.41, 5.74) is 6.65. The Kier molecular flexibility index (Phi) is 4.47. The Morgan fingerprint density at radius 2 is 2.16 bits per heavy atom. The quantitative estimate of drug-likeness (QED) is 0.865. The van der Waals surface area contributed by atoms with Gasteiger partial charge >= 0.3 is 0 Å². The van der Waals surface area contributed by atoms with Gasteiger partial charge in [-0.3, -0.25) is 4.79 Å². The highest BCUT2D eigenvalue weighted by Gasteiger charge is 2.18. The molecule has 2 rings (SSSR count). The number of benzene rings is 1. The number of amides is 1. The van der Waals surface area contributed by atoms with E-state index < -0.39 is 0 Å². The molecule has 102 valence electrons. The van der Waals surface area contributed by atoms with Crippen LogP contribution in [-0.2, 0) is 11.3 Å². The van der Waals surface area contributed by atoms with Crippen molar-refractivity contribution >= 4 is 23.1 Å². The molecule has 0 radical (unpaired) electrons. The van der Waals surface area contributed by atoms with Crippen LogP contribution in [0.5, 0.6) is 0 Å². The van der Waals surface area contributed by atoms with Crippen LogP contribution in [0.1, 0.15) is 36.8 Å². The molecule has 1 aliphatic rings. The predicted molar refractivity (Wildman–Crippen MR) is 76.2 cm³/mol. The van der Waals surface area contributed by atoms with E-state index in [-0.39, 0.29) is 16.7 Å². The smallest absolute Gasteiger partial charge is 0.222 e. The van der Waals surface area contributed by atoms with Crippen molar-refractivity contribution in [2.75, 3.05) is 6.54 Å². The van der Waals surface area contributed by atoms with E-state index in [2.05, 4.69) is 0 Å². The highest BCUT2D eigenvalue weighted by molar-refractivity contribution is 7.80. The molecule has 1 heterocycles. The summed E-state index contributed by atoms with van der Waals surface area (Å²) in [5.74, 6) is -0.227. The van der Waals surface area contributed by atoms with E-state index in [0.717, 1.165) is 19.3 Å². The Bertz CT molecular complexity index is 504. The van der Waals surface area contributed by atoms with Crippen molar-refractivity contribution in [1.29, 1.82) is 0 Å². The van der Waals surface area contributed by atoms with Gasteiger partial charge in [0, 0.05) is 30.6 Å². The highest BCUT2D eigenvalue weighted by atomic mass is 32.1. The molecule has 0 saturated carbocycles. The lowest BCUT2D eigenvalue weighted by atomic mass is 10.1. The third kappa shape index (κ3) is 3.50. The number of carbonyl (C=O) groups excluding carboxylic acids is 1. The number of carbonyl (C=O) groups is 1. The van der Waals surface area contributed by atoms with Gasteiger partial charge in [-0.2, -0.15) is 0 Å². The number of thiocarbonyl (C=S) groups is 1. The van der Waals surface area contributed by atoms with E-state index in [0.29, 0.717) is 30.6 Å². The first-order valence-corrected chi connectivity index (χ1v) is 6.85. The minimum absolute atomic E-state index is 0.0950. The van der Waals surface area contributed by atoms with Crippen molar-refractivity contribution in [3.63, 3.8) is 0 Å². The Balaban J connectivity index is 2.19. The molecule has 1 aromatic rings. The summed E-state index contributed by atoms with van der Waals surface area (Å²) in [4.78, 5) is 13.9. The second-order valence-electron chi connectivity index (χ2n) is 4.80. The molecule has 3 nitrogen and oxygen atoms in total. The second-order valence-corrected chi connectivity index (χ2v) is 5.24. The zero-order valence-corrected chi connectivity index (χ0v) is 11.5. The van der Waals surface area contributed by atoms with Gasteiger partial charge in [0.25, 0.3) is 0 Å². The third-order valence-corrected chi connectivity index (χ3v) is 3.60. The lowest BCUT2D eigenvalue weighted by Crippen LogP contribution is -2.30. The van der Waals surface area contributed by atoms with Gasteiger partial charge in [0.1, 0.15) is 10.8 Å². The number of halogens is 1. The molecule has 0 atom stereocenters. The Hall–Kier alpha value is -1.49. The number of nitrogens with two attached hydrogens (primary N) is 1. The Morgan fingerprint density at radius 3 is 2.89 bits per heavy atom. The summed E-state index contributed by atoms with van der Waals surface area (Å²) < 4.78 is 13.8. The van der Waals surface area contributed by atoms with Crippen LogP contribution in [0.4, 0.5) is 4.39 Å². The molecule has 5 heteroatoms. The number of likely N-dealkylation sites (tertiary alicyclic amines) is 1. The first kappa shape index (κ1) is 13.9. The van der Waals surface area contributed by atoms with Crippen molar-refractivity contribution < 1.29 is 9.18 Å². The fraction of sp³-hybridized carbons (Fsp3) is 0.429. The molecule has 0 aromatic heterocycles. The molecule has 1 aliphatic heterocycles. The second kappa shape index (κ2) is 6.10. The van der Waals surface area contributed by atoms with Gasteiger partial charge in [0.15, 0.2) is 0 Å². The molecule has 1 amide bonds. The summed E-state index contributed by atoms with van der Waals surface area (Å²) >= 11 is 4.89. The van der Waals surface area contributed by atoms with E-state index in [9.17, 15) is 9.18 Å². The van der Waals surface area contributed by atoms with Crippen LogP contribution in [-0.4, -0.2) is 22.3 Å². The van der Waals surface area contributed by atoms with Gasteiger partial charge in [-0.1, -0.05) is 18.6 Å². The van der Waals surface area contributed by atoms with Crippen molar-refractivity contribution in [1.82, 2.24) is 4.90 Å². The van der Waals surface area contributed by atoms with E-state index >= 15 is 0 Å². The average Bonchev–Trinajstić information content (AvgIpc) is 2.57. The minimum Gasteiger partial charge on any atom is -0.389 e. The monoisotopic (exact) mass is 280 g/mol. The zero-order chi connectivity index (χ0) is 13.8. The molecule has 0 aliphatic carbocycles. The lowest BCUT2D eigenvalue weighted by Gasteiger charge is -2.21. The van der Waals surface area contributed by atoms with Crippen molar-refractivity contribution in [2.45, 2.75) is 32.2 Å². The molecule has 2 N–H and O–H groups in total. The van der Waals surface area contributed by atoms with Crippen LogP contribution in [0.15, 0.2) is 18.2 Å². The van der Waals surface area contributed by atoms with Crippen molar-refractivity contribution in [2.24, 2.45) is 5.73 Å². The summed E-state index contributed by atoms with van der Waals surface area (Å²) in [7, 11) is 0. The molecule has 0 bridgehead atoms. The average molecular weight is 280 g/mol. The first-order valence-electron chi connectivity index (χ1n) is 6.44. The number of hydrogen-bond acceptors (Lipinski definition) is 2. The summed E-state index contributed by atoms with van der Waals surface area (Å²) in [6.45, 7) is 0.983. The molecule has 1 aromatic carbocycles. The molecule has 1 fully saturated rings. The van der Waals surface area contributed by atoms with Crippen LogP contribution in [0, 0.1) is 5.82 Å². The Labute approximate surface area is 117 Å². The maximum atomic E-state index is 13.8. The fourth-order valence-corrected chi connectivity index (χ4v) is 2.39. The number of rotatable bonds is 3. The maximum absolute atomic E-state index is 13.8. The minimum atomic E-state index is -0.322. The van der Waals surface area contributed by atoms with E-state index in [1.807, 2.05) is 0 Å². The lowest BCUT2D eigenvalue weighted by molar-refractivity contribution is -0.131. The van der Waals surface area contributed by atoms with E-state index in [4.69, 9.17) is 18.0 Å². The normalized spacial score (nSPS) is 16.3. The highest BCUT2D eigenvalue weighted by Crippen LogP contribution is 2.17. The zero-order valence-electron chi connectivity index (χ0n) is 10.7. The van der Waals surface area contributed by atoms with Gasteiger partial charge < -0.3 is 10.6 Å². The number of nitrogens with zero attached hydrogens (tertiary/aromatic N) is 1. The summed E-state index contributed by atoms with van der Waals surface area (Å²) in [6, 6.07) is 4.55. The SMILES string of the molecule is NC(=S)c1ccc(F)c(CN2CCCCCC2=O)c1. The van der Waals surface area contributed by atoms with Gasteiger partial charge in [0.05, 0.1) is 0 Å². The summed E-state index contributed by atoms with van der Waals surface area (Å²) in [6.07, 6.45) is 3.50. The number of hydrogen-bond donors (Lipinski definition) is 1. The first-order chi connectivity index (χ1) is 9.08. The molecule has 19 heavy (non-hydrogen) atoms. The maximum Gasteiger partial charge on any atom is 0.222 e. The van der Waals surface area contributed by atoms with Crippen molar-refractivity contribution in [3.8, 4) is 0 Å². The molecule has 1 saturated heterocycles. The van der Waals surface area contributed by atoms with Crippen LogP contribution < -0.4 is 5.73 Å². The van der Waals surface area contributed by atoms with E-state index in [1.165, 1.54) is 6.07 Å². The van der Waals surface area contributed by atoms with Crippen LogP contribution >= 0.6 is 12.2 Å².